The van der Waals surface area contributed by atoms with Gasteiger partial charge in [0.15, 0.2) is 0 Å². The van der Waals surface area contributed by atoms with Gasteiger partial charge in [0.2, 0.25) is 5.91 Å². The zero-order valence-electron chi connectivity index (χ0n) is 14.2. The topological polar surface area (TPSA) is 46.6 Å². The smallest absolute Gasteiger partial charge is 0.337 e. The summed E-state index contributed by atoms with van der Waals surface area (Å²) in [6.45, 7) is 2.04. The minimum absolute atomic E-state index is 0.0476. The first-order chi connectivity index (χ1) is 12.1. The van der Waals surface area contributed by atoms with Crippen LogP contribution in [0.2, 0.25) is 0 Å². The molecule has 2 aromatic carbocycles. The van der Waals surface area contributed by atoms with Crippen molar-refractivity contribution in [2.24, 2.45) is 0 Å². The number of carbonyl (C=O) groups is 2. The molecule has 5 heteroatoms. The average Bonchev–Trinajstić information content (AvgIpc) is 2.65. The van der Waals surface area contributed by atoms with E-state index >= 15 is 0 Å². The van der Waals surface area contributed by atoms with E-state index < -0.39 is 0 Å². The SMILES string of the molecule is COC(=O)c1ccc([C@H]2c3ccccc3C[C@H](C)N2C(=O)CCl)cc1. The minimum atomic E-state index is -0.377. The van der Waals surface area contributed by atoms with Crippen molar-refractivity contribution in [2.75, 3.05) is 13.0 Å². The summed E-state index contributed by atoms with van der Waals surface area (Å²) in [6.07, 6.45) is 0.801. The highest BCUT2D eigenvalue weighted by atomic mass is 35.5. The van der Waals surface area contributed by atoms with Crippen LogP contribution in [0.15, 0.2) is 48.5 Å². The van der Waals surface area contributed by atoms with Crippen LogP contribution in [0, 0.1) is 0 Å². The van der Waals surface area contributed by atoms with Crippen molar-refractivity contribution in [3.05, 3.63) is 70.8 Å². The Morgan fingerprint density at radius 3 is 2.48 bits per heavy atom. The zero-order valence-corrected chi connectivity index (χ0v) is 15.0. The molecule has 1 heterocycles. The third kappa shape index (κ3) is 3.27. The van der Waals surface area contributed by atoms with Crippen LogP contribution in [-0.2, 0) is 16.0 Å². The van der Waals surface area contributed by atoms with E-state index in [-0.39, 0.29) is 29.8 Å². The molecule has 0 N–H and O–H groups in total. The van der Waals surface area contributed by atoms with Gasteiger partial charge in [-0.05, 0) is 42.2 Å². The van der Waals surface area contributed by atoms with Crippen molar-refractivity contribution in [1.29, 1.82) is 0 Å². The molecule has 0 unspecified atom stereocenters. The van der Waals surface area contributed by atoms with Crippen LogP contribution in [0.25, 0.3) is 0 Å². The summed E-state index contributed by atoms with van der Waals surface area (Å²) in [6, 6.07) is 15.2. The third-order valence-corrected chi connectivity index (χ3v) is 4.90. The summed E-state index contributed by atoms with van der Waals surface area (Å²) < 4.78 is 4.75. The van der Waals surface area contributed by atoms with Crippen molar-refractivity contribution in [2.45, 2.75) is 25.4 Å². The highest BCUT2D eigenvalue weighted by Crippen LogP contribution is 2.38. The molecule has 4 nitrogen and oxygen atoms in total. The molecule has 0 saturated heterocycles. The van der Waals surface area contributed by atoms with Crippen LogP contribution in [0.5, 0.6) is 0 Å². The second-order valence-electron chi connectivity index (χ2n) is 6.20. The summed E-state index contributed by atoms with van der Waals surface area (Å²) in [5.41, 5.74) is 3.77. The Labute approximate surface area is 152 Å². The molecule has 3 rings (SSSR count). The van der Waals surface area contributed by atoms with Gasteiger partial charge in [0, 0.05) is 6.04 Å². The number of ether oxygens (including phenoxy) is 1. The standard InChI is InChI=1S/C20H20ClNO3/c1-13-11-16-5-3-4-6-17(16)19(22(13)18(23)12-21)14-7-9-15(10-8-14)20(24)25-2/h3-10,13,19H,11-12H2,1-2H3/t13-,19-/m0/s1. The summed E-state index contributed by atoms with van der Waals surface area (Å²) in [7, 11) is 1.36. The molecule has 25 heavy (non-hydrogen) atoms. The molecule has 0 aliphatic carbocycles. The van der Waals surface area contributed by atoms with E-state index in [1.807, 2.05) is 36.1 Å². The van der Waals surface area contributed by atoms with Crippen molar-refractivity contribution >= 4 is 23.5 Å². The fourth-order valence-electron chi connectivity index (χ4n) is 3.53. The van der Waals surface area contributed by atoms with Gasteiger partial charge in [-0.1, -0.05) is 36.4 Å². The number of amides is 1. The maximum Gasteiger partial charge on any atom is 0.337 e. The molecular weight excluding hydrogens is 338 g/mol. The number of methoxy groups -OCH3 is 1. The second kappa shape index (κ2) is 7.28. The Morgan fingerprint density at radius 1 is 1.16 bits per heavy atom. The highest BCUT2D eigenvalue weighted by molar-refractivity contribution is 6.27. The van der Waals surface area contributed by atoms with Crippen LogP contribution >= 0.6 is 11.6 Å². The minimum Gasteiger partial charge on any atom is -0.465 e. The van der Waals surface area contributed by atoms with Gasteiger partial charge in [-0.3, -0.25) is 4.79 Å². The predicted octanol–water partition coefficient (Wildman–Crippen LogP) is 3.57. The van der Waals surface area contributed by atoms with E-state index in [1.165, 1.54) is 12.7 Å². The molecule has 0 aromatic heterocycles. The number of hydrogen-bond acceptors (Lipinski definition) is 3. The molecular formula is C20H20ClNO3. The second-order valence-corrected chi connectivity index (χ2v) is 6.47. The Morgan fingerprint density at radius 2 is 1.84 bits per heavy atom. The zero-order chi connectivity index (χ0) is 18.0. The van der Waals surface area contributed by atoms with Crippen LogP contribution in [0.1, 0.15) is 40.0 Å². The largest absolute Gasteiger partial charge is 0.465 e. The number of esters is 1. The van der Waals surface area contributed by atoms with Gasteiger partial charge in [-0.2, -0.15) is 0 Å². The molecule has 0 saturated carbocycles. The van der Waals surface area contributed by atoms with Gasteiger partial charge in [-0.15, -0.1) is 11.6 Å². The molecule has 0 spiro atoms. The van der Waals surface area contributed by atoms with Crippen molar-refractivity contribution in [3.8, 4) is 0 Å². The number of hydrogen-bond donors (Lipinski definition) is 0. The van der Waals surface area contributed by atoms with E-state index in [4.69, 9.17) is 16.3 Å². The summed E-state index contributed by atoms with van der Waals surface area (Å²) in [5.74, 6) is -0.521. The number of rotatable bonds is 3. The number of fused-ring (bicyclic) bond motifs is 1. The quantitative estimate of drug-likeness (QED) is 0.623. The van der Waals surface area contributed by atoms with E-state index in [9.17, 15) is 9.59 Å². The lowest BCUT2D eigenvalue weighted by Crippen LogP contribution is -2.46. The van der Waals surface area contributed by atoms with Gasteiger partial charge in [0.1, 0.15) is 5.88 Å². The number of alkyl halides is 1. The number of benzene rings is 2. The monoisotopic (exact) mass is 357 g/mol. The molecule has 2 aromatic rings. The molecule has 0 radical (unpaired) electrons. The first-order valence-electron chi connectivity index (χ1n) is 8.20. The van der Waals surface area contributed by atoms with Crippen LogP contribution in [-0.4, -0.2) is 35.8 Å². The number of halogens is 1. The van der Waals surface area contributed by atoms with E-state index in [0.29, 0.717) is 5.56 Å². The van der Waals surface area contributed by atoms with Crippen LogP contribution in [0.4, 0.5) is 0 Å². The molecule has 0 bridgehead atoms. The van der Waals surface area contributed by atoms with E-state index in [0.717, 1.165) is 17.5 Å². The summed E-state index contributed by atoms with van der Waals surface area (Å²) in [4.78, 5) is 26.0. The molecule has 1 amide bonds. The highest BCUT2D eigenvalue weighted by Gasteiger charge is 2.35. The van der Waals surface area contributed by atoms with Crippen molar-refractivity contribution in [3.63, 3.8) is 0 Å². The Kier molecular flexibility index (Phi) is 5.09. The molecule has 0 fully saturated rings. The first kappa shape index (κ1) is 17.5. The van der Waals surface area contributed by atoms with Gasteiger partial charge in [-0.25, -0.2) is 4.79 Å². The fraction of sp³-hybridized carbons (Fsp3) is 0.300. The first-order valence-corrected chi connectivity index (χ1v) is 8.73. The molecule has 130 valence electrons. The normalized spacial score (nSPS) is 19.2. The van der Waals surface area contributed by atoms with Gasteiger partial charge >= 0.3 is 5.97 Å². The van der Waals surface area contributed by atoms with E-state index in [2.05, 4.69) is 12.1 Å². The number of carbonyl (C=O) groups excluding carboxylic acids is 2. The lowest BCUT2D eigenvalue weighted by atomic mass is 9.85. The Hall–Kier alpha value is -2.33. The summed E-state index contributed by atoms with van der Waals surface area (Å²) >= 11 is 5.86. The van der Waals surface area contributed by atoms with Gasteiger partial charge in [0.05, 0.1) is 18.7 Å². The van der Waals surface area contributed by atoms with Crippen LogP contribution in [0.3, 0.4) is 0 Å². The van der Waals surface area contributed by atoms with Crippen LogP contribution < -0.4 is 0 Å². The van der Waals surface area contributed by atoms with Gasteiger partial charge < -0.3 is 9.64 Å². The molecule has 1 aliphatic rings. The number of nitrogens with zero attached hydrogens (tertiary/aromatic N) is 1. The average molecular weight is 358 g/mol. The maximum absolute atomic E-state index is 12.5. The fourth-order valence-corrected chi connectivity index (χ4v) is 3.66. The van der Waals surface area contributed by atoms with Crippen molar-refractivity contribution in [1.82, 2.24) is 4.90 Å². The lowest BCUT2D eigenvalue weighted by molar-refractivity contribution is -0.132. The Bertz CT molecular complexity index is 788. The van der Waals surface area contributed by atoms with Crippen molar-refractivity contribution < 1.29 is 14.3 Å². The summed E-state index contributed by atoms with van der Waals surface area (Å²) in [5, 5.41) is 0. The molecule has 1 aliphatic heterocycles. The Balaban J connectivity index is 2.08. The molecule has 2 atom stereocenters. The predicted molar refractivity (Wildman–Crippen MR) is 96.8 cm³/mol. The van der Waals surface area contributed by atoms with Gasteiger partial charge in [0.25, 0.3) is 0 Å². The van der Waals surface area contributed by atoms with E-state index in [1.54, 1.807) is 12.1 Å². The lowest BCUT2D eigenvalue weighted by Gasteiger charge is -2.42. The maximum atomic E-state index is 12.5. The third-order valence-electron chi connectivity index (χ3n) is 4.67.